The van der Waals surface area contributed by atoms with E-state index in [0.717, 1.165) is 17.5 Å². The number of halogens is 1. The zero-order valence-corrected chi connectivity index (χ0v) is 11.7. The molecular formula is C14H15FN2O2S. The lowest BCUT2D eigenvalue weighted by Gasteiger charge is -2.09. The van der Waals surface area contributed by atoms with Crippen molar-refractivity contribution in [3.8, 4) is 0 Å². The first-order chi connectivity index (χ1) is 9.44. The number of hydrogen-bond acceptors (Lipinski definition) is 3. The van der Waals surface area contributed by atoms with E-state index in [2.05, 4.69) is 10.0 Å². The molecule has 0 saturated heterocycles. The molecule has 0 aromatic heterocycles. The maximum absolute atomic E-state index is 13.8. The standard InChI is InChI=1S/C14H15FN2O2S/c1-20(18,19)17-14-8-7-11(9-13(14)15)10-16-12-5-3-2-4-6-12/h2-9,16-17H,10H2,1H3. The van der Waals surface area contributed by atoms with E-state index in [1.165, 1.54) is 12.1 Å². The van der Waals surface area contributed by atoms with Crippen molar-refractivity contribution in [2.24, 2.45) is 0 Å². The highest BCUT2D eigenvalue weighted by Crippen LogP contribution is 2.17. The van der Waals surface area contributed by atoms with Gasteiger partial charge in [-0.25, -0.2) is 12.8 Å². The van der Waals surface area contributed by atoms with Crippen molar-refractivity contribution in [3.05, 3.63) is 59.9 Å². The molecule has 0 spiro atoms. The predicted octanol–water partition coefficient (Wildman–Crippen LogP) is 2.81. The minimum atomic E-state index is -3.47. The van der Waals surface area contributed by atoms with E-state index >= 15 is 0 Å². The molecule has 0 saturated carbocycles. The summed E-state index contributed by atoms with van der Waals surface area (Å²) in [7, 11) is -3.47. The maximum Gasteiger partial charge on any atom is 0.229 e. The molecule has 0 heterocycles. The highest BCUT2D eigenvalue weighted by molar-refractivity contribution is 7.92. The van der Waals surface area contributed by atoms with Gasteiger partial charge in [-0.1, -0.05) is 24.3 Å². The second kappa shape index (κ2) is 5.92. The zero-order chi connectivity index (χ0) is 14.6. The van der Waals surface area contributed by atoms with Crippen LogP contribution >= 0.6 is 0 Å². The summed E-state index contributed by atoms with van der Waals surface area (Å²) in [6.45, 7) is 0.458. The topological polar surface area (TPSA) is 58.2 Å². The minimum absolute atomic E-state index is 0.0454. The lowest BCUT2D eigenvalue weighted by molar-refractivity contribution is 0.603. The quantitative estimate of drug-likeness (QED) is 0.891. The van der Waals surface area contributed by atoms with Gasteiger partial charge in [0.15, 0.2) is 0 Å². The molecule has 0 amide bonds. The zero-order valence-electron chi connectivity index (χ0n) is 10.9. The van der Waals surface area contributed by atoms with Crippen LogP contribution in [0.4, 0.5) is 15.8 Å². The molecule has 2 aromatic rings. The highest BCUT2D eigenvalue weighted by atomic mass is 32.2. The van der Waals surface area contributed by atoms with Crippen LogP contribution in [0.3, 0.4) is 0 Å². The average Bonchev–Trinajstić information content (AvgIpc) is 2.39. The number of rotatable bonds is 5. The van der Waals surface area contributed by atoms with Crippen LogP contribution in [0.15, 0.2) is 48.5 Å². The van der Waals surface area contributed by atoms with E-state index in [9.17, 15) is 12.8 Å². The number of para-hydroxylation sites is 1. The molecule has 0 atom stereocenters. The van der Waals surface area contributed by atoms with Crippen LogP contribution in [0.2, 0.25) is 0 Å². The van der Waals surface area contributed by atoms with Crippen molar-refractivity contribution in [2.75, 3.05) is 16.3 Å². The summed E-state index contributed by atoms with van der Waals surface area (Å²) in [6, 6.07) is 13.9. The molecule has 0 unspecified atom stereocenters. The second-order valence-electron chi connectivity index (χ2n) is 4.41. The summed E-state index contributed by atoms with van der Waals surface area (Å²) < 4.78 is 38.0. The van der Waals surface area contributed by atoms with Gasteiger partial charge < -0.3 is 5.32 Å². The number of benzene rings is 2. The Morgan fingerprint density at radius 1 is 1.10 bits per heavy atom. The molecule has 4 nitrogen and oxygen atoms in total. The first-order valence-electron chi connectivity index (χ1n) is 5.99. The van der Waals surface area contributed by atoms with Gasteiger partial charge in [-0.15, -0.1) is 0 Å². The average molecular weight is 294 g/mol. The molecule has 0 radical (unpaired) electrons. The summed E-state index contributed by atoms with van der Waals surface area (Å²) >= 11 is 0. The van der Waals surface area contributed by atoms with Gasteiger partial charge in [0.25, 0.3) is 0 Å². The summed E-state index contributed by atoms with van der Waals surface area (Å²) in [5.41, 5.74) is 1.62. The SMILES string of the molecule is CS(=O)(=O)Nc1ccc(CNc2ccccc2)cc1F. The van der Waals surface area contributed by atoms with Crippen LogP contribution in [0.1, 0.15) is 5.56 Å². The number of hydrogen-bond donors (Lipinski definition) is 2. The molecule has 0 fully saturated rings. The van der Waals surface area contributed by atoms with Gasteiger partial charge in [0.05, 0.1) is 11.9 Å². The smallest absolute Gasteiger partial charge is 0.229 e. The van der Waals surface area contributed by atoms with Crippen molar-refractivity contribution < 1.29 is 12.8 Å². The Kier molecular flexibility index (Phi) is 4.24. The number of nitrogens with one attached hydrogen (secondary N) is 2. The summed E-state index contributed by atoms with van der Waals surface area (Å²) in [4.78, 5) is 0. The van der Waals surface area contributed by atoms with Crippen LogP contribution in [-0.2, 0) is 16.6 Å². The van der Waals surface area contributed by atoms with Crippen LogP contribution in [0, 0.1) is 5.82 Å². The molecule has 20 heavy (non-hydrogen) atoms. The lowest BCUT2D eigenvalue weighted by Crippen LogP contribution is -2.11. The first-order valence-corrected chi connectivity index (χ1v) is 7.88. The Morgan fingerprint density at radius 3 is 2.40 bits per heavy atom. The van der Waals surface area contributed by atoms with Crippen molar-refractivity contribution in [2.45, 2.75) is 6.54 Å². The highest BCUT2D eigenvalue weighted by Gasteiger charge is 2.08. The number of anilines is 2. The van der Waals surface area contributed by atoms with E-state index in [4.69, 9.17) is 0 Å². The molecule has 2 N–H and O–H groups in total. The van der Waals surface area contributed by atoms with E-state index < -0.39 is 15.8 Å². The molecule has 2 aromatic carbocycles. The third-order valence-corrected chi connectivity index (χ3v) is 3.19. The fourth-order valence-corrected chi connectivity index (χ4v) is 2.28. The Balaban J connectivity index is 2.06. The monoisotopic (exact) mass is 294 g/mol. The van der Waals surface area contributed by atoms with Gasteiger partial charge in [-0.3, -0.25) is 4.72 Å². The van der Waals surface area contributed by atoms with E-state index in [-0.39, 0.29) is 5.69 Å². The van der Waals surface area contributed by atoms with Crippen molar-refractivity contribution in [1.82, 2.24) is 0 Å². The molecular weight excluding hydrogens is 279 g/mol. The largest absolute Gasteiger partial charge is 0.381 e. The third kappa shape index (κ3) is 4.24. The fourth-order valence-electron chi connectivity index (χ4n) is 1.71. The van der Waals surface area contributed by atoms with E-state index in [1.807, 2.05) is 30.3 Å². The second-order valence-corrected chi connectivity index (χ2v) is 6.16. The Labute approximate surface area is 117 Å². The molecule has 0 aliphatic heterocycles. The predicted molar refractivity (Wildman–Crippen MR) is 78.6 cm³/mol. The van der Waals surface area contributed by atoms with Crippen molar-refractivity contribution in [1.29, 1.82) is 0 Å². The molecule has 0 bridgehead atoms. The lowest BCUT2D eigenvalue weighted by atomic mass is 10.2. The molecule has 106 valence electrons. The van der Waals surface area contributed by atoms with Crippen LogP contribution in [0.5, 0.6) is 0 Å². The van der Waals surface area contributed by atoms with Gasteiger partial charge in [-0.05, 0) is 29.8 Å². The van der Waals surface area contributed by atoms with Crippen molar-refractivity contribution in [3.63, 3.8) is 0 Å². The van der Waals surface area contributed by atoms with Gasteiger partial charge in [0.1, 0.15) is 5.82 Å². The first kappa shape index (κ1) is 14.3. The number of sulfonamides is 1. The molecule has 0 aliphatic rings. The molecule has 0 aliphatic carbocycles. The van der Waals surface area contributed by atoms with Gasteiger partial charge in [0.2, 0.25) is 10.0 Å². The van der Waals surface area contributed by atoms with Gasteiger partial charge in [0, 0.05) is 12.2 Å². The van der Waals surface area contributed by atoms with Crippen LogP contribution in [-0.4, -0.2) is 14.7 Å². The van der Waals surface area contributed by atoms with Gasteiger partial charge in [-0.2, -0.15) is 0 Å². The normalized spacial score (nSPS) is 11.1. The Morgan fingerprint density at radius 2 is 1.80 bits per heavy atom. The molecule has 6 heteroatoms. The van der Waals surface area contributed by atoms with Crippen LogP contribution < -0.4 is 10.0 Å². The van der Waals surface area contributed by atoms with Crippen LogP contribution in [0.25, 0.3) is 0 Å². The van der Waals surface area contributed by atoms with E-state index in [0.29, 0.717) is 6.54 Å². The Bertz CT molecular complexity index is 688. The Hall–Kier alpha value is -2.08. The molecule has 2 rings (SSSR count). The summed E-state index contributed by atoms with van der Waals surface area (Å²) in [5.74, 6) is -0.595. The maximum atomic E-state index is 13.8. The fraction of sp³-hybridized carbons (Fsp3) is 0.143. The van der Waals surface area contributed by atoms with E-state index in [1.54, 1.807) is 6.07 Å². The summed E-state index contributed by atoms with van der Waals surface area (Å²) in [5, 5.41) is 3.15. The van der Waals surface area contributed by atoms with Crippen molar-refractivity contribution >= 4 is 21.4 Å². The van der Waals surface area contributed by atoms with Gasteiger partial charge >= 0.3 is 0 Å². The summed E-state index contributed by atoms with van der Waals surface area (Å²) in [6.07, 6.45) is 0.983. The third-order valence-electron chi connectivity index (χ3n) is 2.60. The minimum Gasteiger partial charge on any atom is -0.381 e.